The van der Waals surface area contributed by atoms with Crippen LogP contribution in [0, 0.1) is 0 Å². The molecule has 0 bridgehead atoms. The van der Waals surface area contributed by atoms with E-state index >= 15 is 0 Å². The van der Waals surface area contributed by atoms with E-state index in [4.69, 9.17) is 13.8 Å². The highest BCUT2D eigenvalue weighted by atomic mass is 31.2. The average Bonchev–Trinajstić information content (AvgIpc) is 3.10. The zero-order valence-electron chi connectivity index (χ0n) is 16.7. The molecule has 1 saturated heterocycles. The van der Waals surface area contributed by atoms with Crippen LogP contribution in [0.2, 0.25) is 0 Å². The van der Waals surface area contributed by atoms with Crippen LogP contribution in [-0.2, 0) is 35.1 Å². The SMILES string of the molecule is CCOP(=O)(OCC)c1ccc2c(c1)CC[C@]21N[C@@H](c2ccccc2)COC1=O. The second-order valence-electron chi connectivity index (χ2n) is 7.29. The molecule has 0 saturated carbocycles. The van der Waals surface area contributed by atoms with Crippen LogP contribution >= 0.6 is 7.60 Å². The number of hydrogen-bond donors (Lipinski definition) is 1. The number of morpholine rings is 1. The normalized spacial score (nSPS) is 23.8. The number of nitrogens with one attached hydrogen (secondary N) is 1. The van der Waals surface area contributed by atoms with Crippen LogP contribution in [0.5, 0.6) is 0 Å². The number of hydrogen-bond acceptors (Lipinski definition) is 6. The van der Waals surface area contributed by atoms with Crippen LogP contribution in [0.1, 0.15) is 43.0 Å². The summed E-state index contributed by atoms with van der Waals surface area (Å²) in [6.45, 7) is 4.48. The molecule has 2 aromatic carbocycles. The fourth-order valence-electron chi connectivity index (χ4n) is 4.26. The summed E-state index contributed by atoms with van der Waals surface area (Å²) in [5, 5.41) is 4.08. The molecule has 2 aliphatic rings. The molecule has 1 spiro atoms. The topological polar surface area (TPSA) is 73.9 Å². The van der Waals surface area contributed by atoms with E-state index in [-0.39, 0.29) is 12.0 Å². The number of aryl methyl sites for hydroxylation is 1. The van der Waals surface area contributed by atoms with E-state index < -0.39 is 13.1 Å². The number of carbonyl (C=O) groups excluding carboxylic acids is 1. The molecule has 1 fully saturated rings. The van der Waals surface area contributed by atoms with Crippen molar-refractivity contribution in [3.05, 3.63) is 65.2 Å². The standard InChI is InChI=1S/C22H26NO5P/c1-3-27-29(25,28-4-2)18-10-11-19-17(14-18)12-13-22(19)21(24)26-15-20(23-22)16-8-6-5-7-9-16/h5-11,14,20,23H,3-4,12-13,15H2,1-2H3/t20-,22+/m1/s1. The molecule has 1 heterocycles. The summed E-state index contributed by atoms with van der Waals surface area (Å²) in [4.78, 5) is 12.9. The maximum absolute atomic E-state index is 13.1. The Bertz CT molecular complexity index is 937. The highest BCUT2D eigenvalue weighted by Crippen LogP contribution is 2.49. The zero-order chi connectivity index (χ0) is 20.5. The molecular weight excluding hydrogens is 389 g/mol. The molecule has 6 nitrogen and oxygen atoms in total. The highest BCUT2D eigenvalue weighted by Gasteiger charge is 2.51. The van der Waals surface area contributed by atoms with Gasteiger partial charge in [0.2, 0.25) is 0 Å². The lowest BCUT2D eigenvalue weighted by atomic mass is 9.88. The smallest absolute Gasteiger partial charge is 0.361 e. The lowest BCUT2D eigenvalue weighted by molar-refractivity contribution is -0.159. The monoisotopic (exact) mass is 415 g/mol. The Morgan fingerprint density at radius 2 is 1.86 bits per heavy atom. The molecule has 29 heavy (non-hydrogen) atoms. The first kappa shape index (κ1) is 20.3. The van der Waals surface area contributed by atoms with Gasteiger partial charge >= 0.3 is 13.6 Å². The van der Waals surface area contributed by atoms with E-state index in [1.807, 2.05) is 42.5 Å². The number of rotatable bonds is 6. The van der Waals surface area contributed by atoms with Gasteiger partial charge in [0.25, 0.3) is 0 Å². The zero-order valence-corrected chi connectivity index (χ0v) is 17.6. The Balaban J connectivity index is 1.69. The second-order valence-corrected chi connectivity index (χ2v) is 9.31. The molecule has 0 radical (unpaired) electrons. The maximum Gasteiger partial charge on any atom is 0.361 e. The van der Waals surface area contributed by atoms with Crippen LogP contribution in [0.15, 0.2) is 48.5 Å². The van der Waals surface area contributed by atoms with E-state index in [9.17, 15) is 9.36 Å². The third kappa shape index (κ3) is 3.55. The van der Waals surface area contributed by atoms with Gasteiger partial charge in [-0.05, 0) is 55.5 Å². The molecule has 7 heteroatoms. The van der Waals surface area contributed by atoms with Gasteiger partial charge in [0.15, 0.2) is 0 Å². The Morgan fingerprint density at radius 1 is 1.14 bits per heavy atom. The summed E-state index contributed by atoms with van der Waals surface area (Å²) in [6.07, 6.45) is 1.28. The molecule has 0 unspecified atom stereocenters. The van der Waals surface area contributed by atoms with Gasteiger partial charge < -0.3 is 13.8 Å². The number of benzene rings is 2. The third-order valence-corrected chi connectivity index (χ3v) is 7.69. The summed E-state index contributed by atoms with van der Waals surface area (Å²) < 4.78 is 29.7. The van der Waals surface area contributed by atoms with Crippen molar-refractivity contribution in [1.29, 1.82) is 0 Å². The van der Waals surface area contributed by atoms with Crippen molar-refractivity contribution in [2.75, 3.05) is 19.8 Å². The second kappa shape index (κ2) is 8.04. The van der Waals surface area contributed by atoms with Crippen LogP contribution in [-0.4, -0.2) is 25.8 Å². The predicted molar refractivity (Wildman–Crippen MR) is 110 cm³/mol. The molecular formula is C22H26NO5P. The van der Waals surface area contributed by atoms with E-state index in [1.165, 1.54) is 0 Å². The average molecular weight is 415 g/mol. The number of cyclic esters (lactones) is 1. The lowest BCUT2D eigenvalue weighted by Crippen LogP contribution is -2.55. The summed E-state index contributed by atoms with van der Waals surface area (Å²) in [5.41, 5.74) is 2.06. The number of fused-ring (bicyclic) bond motifs is 2. The Hall–Kier alpha value is -1.98. The number of esters is 1. The molecule has 1 N–H and O–H groups in total. The van der Waals surface area contributed by atoms with Crippen molar-refractivity contribution in [3.63, 3.8) is 0 Å². The van der Waals surface area contributed by atoms with Crippen LogP contribution in [0.3, 0.4) is 0 Å². The van der Waals surface area contributed by atoms with Crippen molar-refractivity contribution >= 4 is 18.9 Å². The van der Waals surface area contributed by atoms with Crippen LogP contribution in [0.4, 0.5) is 0 Å². The van der Waals surface area contributed by atoms with E-state index in [1.54, 1.807) is 19.9 Å². The van der Waals surface area contributed by atoms with Crippen LogP contribution < -0.4 is 10.6 Å². The van der Waals surface area contributed by atoms with Gasteiger partial charge in [-0.3, -0.25) is 9.88 Å². The van der Waals surface area contributed by atoms with Crippen molar-refractivity contribution in [2.24, 2.45) is 0 Å². The first-order valence-corrected chi connectivity index (χ1v) is 11.6. The minimum Gasteiger partial charge on any atom is -0.462 e. The van der Waals surface area contributed by atoms with Gasteiger partial charge in [-0.2, -0.15) is 0 Å². The first-order valence-electron chi connectivity index (χ1n) is 10.1. The fraction of sp³-hybridized carbons (Fsp3) is 0.409. The number of ether oxygens (including phenoxy) is 1. The van der Waals surface area contributed by atoms with Crippen molar-refractivity contribution < 1.29 is 23.1 Å². The van der Waals surface area contributed by atoms with Gasteiger partial charge in [0.1, 0.15) is 12.1 Å². The van der Waals surface area contributed by atoms with E-state index in [2.05, 4.69) is 5.32 Å². The molecule has 0 aromatic heterocycles. The molecule has 154 valence electrons. The molecule has 1 aliphatic carbocycles. The highest BCUT2D eigenvalue weighted by molar-refractivity contribution is 7.62. The molecule has 2 aromatic rings. The summed E-state index contributed by atoms with van der Waals surface area (Å²) in [6, 6.07) is 15.4. The van der Waals surface area contributed by atoms with Gasteiger partial charge in [0.05, 0.1) is 24.6 Å². The molecule has 0 amide bonds. The van der Waals surface area contributed by atoms with Crippen LogP contribution in [0.25, 0.3) is 0 Å². The molecule has 1 aliphatic heterocycles. The van der Waals surface area contributed by atoms with Crippen molar-refractivity contribution in [1.82, 2.24) is 5.32 Å². The van der Waals surface area contributed by atoms with Gasteiger partial charge in [-0.1, -0.05) is 36.4 Å². The Kier molecular flexibility index (Phi) is 5.63. The molecule has 2 atom stereocenters. The van der Waals surface area contributed by atoms with Gasteiger partial charge in [-0.15, -0.1) is 0 Å². The van der Waals surface area contributed by atoms with Gasteiger partial charge in [-0.25, -0.2) is 4.79 Å². The Morgan fingerprint density at radius 3 is 2.55 bits per heavy atom. The lowest BCUT2D eigenvalue weighted by Gasteiger charge is -2.38. The quantitative estimate of drug-likeness (QED) is 0.574. The minimum absolute atomic E-state index is 0.0718. The van der Waals surface area contributed by atoms with Crippen molar-refractivity contribution in [2.45, 2.75) is 38.3 Å². The van der Waals surface area contributed by atoms with E-state index in [0.717, 1.165) is 16.7 Å². The largest absolute Gasteiger partial charge is 0.462 e. The maximum atomic E-state index is 13.1. The number of carbonyl (C=O) groups is 1. The fourth-order valence-corrected chi connectivity index (χ4v) is 5.89. The minimum atomic E-state index is -3.37. The molecule has 4 rings (SSSR count). The Labute approximate surface area is 171 Å². The van der Waals surface area contributed by atoms with Crippen molar-refractivity contribution in [3.8, 4) is 0 Å². The summed E-state index contributed by atoms with van der Waals surface area (Å²) >= 11 is 0. The first-order chi connectivity index (χ1) is 14.0. The van der Waals surface area contributed by atoms with E-state index in [0.29, 0.717) is 38.0 Å². The predicted octanol–water partition coefficient (Wildman–Crippen LogP) is 3.61. The summed E-state index contributed by atoms with van der Waals surface area (Å²) in [7, 11) is -3.37. The van der Waals surface area contributed by atoms with Gasteiger partial charge in [0, 0.05) is 0 Å². The third-order valence-electron chi connectivity index (χ3n) is 5.58. The summed E-state index contributed by atoms with van der Waals surface area (Å²) in [5.74, 6) is -0.256.